The molecule has 0 spiro atoms. The molecule has 7 heteroatoms. The van der Waals surface area contributed by atoms with E-state index >= 15 is 0 Å². The molecule has 11 aromatic rings. The van der Waals surface area contributed by atoms with Crippen LogP contribution in [0.2, 0.25) is 0 Å². The highest BCUT2D eigenvalue weighted by Crippen LogP contribution is 2.38. The highest BCUT2D eigenvalue weighted by Gasteiger charge is 2.19. The summed E-state index contributed by atoms with van der Waals surface area (Å²) in [7, 11) is 0. The predicted octanol–water partition coefficient (Wildman–Crippen LogP) is 11.2. The molecule has 0 unspecified atom stereocenters. The van der Waals surface area contributed by atoms with E-state index in [2.05, 4.69) is 132 Å². The molecular weight excluding hydrogens is 675 g/mol. The molecule has 0 saturated heterocycles. The van der Waals surface area contributed by atoms with Crippen molar-refractivity contribution in [1.82, 2.24) is 33.8 Å². The number of hydrogen-bond donors (Lipinski definition) is 0. The lowest BCUT2D eigenvalue weighted by Gasteiger charge is -2.09. The van der Waals surface area contributed by atoms with Crippen LogP contribution in [-0.4, -0.2) is 33.8 Å². The van der Waals surface area contributed by atoms with Gasteiger partial charge in [-0.25, -0.2) is 19.0 Å². The van der Waals surface area contributed by atoms with Gasteiger partial charge in [-0.3, -0.25) is 0 Å². The minimum absolute atomic E-state index is 0.627. The van der Waals surface area contributed by atoms with Crippen molar-refractivity contribution in [2.75, 3.05) is 0 Å². The van der Waals surface area contributed by atoms with Crippen molar-refractivity contribution in [3.05, 3.63) is 188 Å². The third kappa shape index (κ3) is 5.21. The lowest BCUT2D eigenvalue weighted by Crippen LogP contribution is -1.93. The van der Waals surface area contributed by atoms with E-state index in [-0.39, 0.29) is 0 Å². The summed E-state index contributed by atoms with van der Waals surface area (Å²) in [4.78, 5) is 10.3. The standard InChI is InChI=1S/C48H31N7/c1-4-14-32(15-5-1)39-21-12-26-53-47(39)49-45(51-53)36-28-35(29-37(30-36)46-50-48-40(22-13-27-54(48)52-46)33-16-6-2-7-17-33)34-24-25-44-42(31-34)41-20-10-11-23-43(41)55(44)38-18-8-3-9-19-38/h1-31H. The number of nitrogens with zero attached hydrogens (tertiary/aromatic N) is 7. The van der Waals surface area contributed by atoms with Gasteiger partial charge >= 0.3 is 0 Å². The molecule has 5 heterocycles. The SMILES string of the molecule is c1ccc(-c2cccn3nc(-c4cc(-c5ccc6c(c5)c5ccccc5n6-c5ccccc5)cc(-c5nc6c(-c7ccccc7)cccn6n5)c4)nc23)cc1. The smallest absolute Gasteiger partial charge is 0.182 e. The lowest BCUT2D eigenvalue weighted by molar-refractivity contribution is 0.964. The van der Waals surface area contributed by atoms with Gasteiger partial charge in [0.25, 0.3) is 0 Å². The second-order valence-corrected chi connectivity index (χ2v) is 13.7. The summed E-state index contributed by atoms with van der Waals surface area (Å²) in [5.74, 6) is 1.25. The van der Waals surface area contributed by atoms with Crippen molar-refractivity contribution in [2.45, 2.75) is 0 Å². The molecule has 0 aliphatic heterocycles. The molecule has 7 nitrogen and oxygen atoms in total. The Labute approximate surface area is 316 Å². The fourth-order valence-electron chi connectivity index (χ4n) is 7.80. The highest BCUT2D eigenvalue weighted by atomic mass is 15.3. The molecule has 258 valence electrons. The Bertz CT molecular complexity index is 3060. The molecule has 0 amide bonds. The maximum absolute atomic E-state index is 5.16. The molecule has 0 aliphatic carbocycles. The molecule has 0 N–H and O–H groups in total. The second kappa shape index (κ2) is 12.5. The summed E-state index contributed by atoms with van der Waals surface area (Å²) < 4.78 is 6.07. The fraction of sp³-hybridized carbons (Fsp3) is 0. The van der Waals surface area contributed by atoms with E-state index in [1.165, 1.54) is 16.3 Å². The molecule has 55 heavy (non-hydrogen) atoms. The molecule has 0 aliphatic rings. The van der Waals surface area contributed by atoms with Gasteiger partial charge in [-0.05, 0) is 95.1 Å². The van der Waals surface area contributed by atoms with E-state index < -0.39 is 0 Å². The zero-order valence-electron chi connectivity index (χ0n) is 29.5. The average Bonchev–Trinajstić information content (AvgIpc) is 3.99. The van der Waals surface area contributed by atoms with Crippen molar-refractivity contribution in [1.29, 1.82) is 0 Å². The van der Waals surface area contributed by atoms with E-state index in [1.54, 1.807) is 0 Å². The minimum Gasteiger partial charge on any atom is -0.309 e. The van der Waals surface area contributed by atoms with Gasteiger partial charge in [0.1, 0.15) is 0 Å². The third-order valence-corrected chi connectivity index (χ3v) is 10.4. The minimum atomic E-state index is 0.627. The zero-order valence-corrected chi connectivity index (χ0v) is 29.5. The first-order valence-corrected chi connectivity index (χ1v) is 18.3. The van der Waals surface area contributed by atoms with E-state index in [9.17, 15) is 0 Å². The van der Waals surface area contributed by atoms with Gasteiger partial charge in [0.2, 0.25) is 0 Å². The summed E-state index contributed by atoms with van der Waals surface area (Å²) >= 11 is 0. The van der Waals surface area contributed by atoms with Crippen molar-refractivity contribution in [3.63, 3.8) is 0 Å². The molecule has 5 aromatic heterocycles. The number of rotatable bonds is 6. The van der Waals surface area contributed by atoms with Crippen LogP contribution in [0.1, 0.15) is 0 Å². The first-order valence-electron chi connectivity index (χ1n) is 18.3. The van der Waals surface area contributed by atoms with Crippen LogP contribution in [0.4, 0.5) is 0 Å². The topological polar surface area (TPSA) is 65.3 Å². The molecule has 0 fully saturated rings. The van der Waals surface area contributed by atoms with Crippen LogP contribution in [0.25, 0.3) is 94.9 Å². The third-order valence-electron chi connectivity index (χ3n) is 10.4. The number of aromatic nitrogens is 7. The molecule has 0 bridgehead atoms. The van der Waals surface area contributed by atoms with Crippen molar-refractivity contribution < 1.29 is 0 Å². The molecule has 0 atom stereocenters. The van der Waals surface area contributed by atoms with Gasteiger partial charge in [-0.15, -0.1) is 10.2 Å². The van der Waals surface area contributed by atoms with Crippen molar-refractivity contribution in [3.8, 4) is 61.8 Å². The summed E-state index contributed by atoms with van der Waals surface area (Å²) in [6.45, 7) is 0. The number of hydrogen-bond acceptors (Lipinski definition) is 4. The highest BCUT2D eigenvalue weighted by molar-refractivity contribution is 6.10. The lowest BCUT2D eigenvalue weighted by atomic mass is 9.97. The second-order valence-electron chi connectivity index (χ2n) is 13.7. The number of benzene rings is 6. The number of pyridine rings is 2. The zero-order chi connectivity index (χ0) is 36.3. The van der Waals surface area contributed by atoms with Crippen LogP contribution >= 0.6 is 0 Å². The van der Waals surface area contributed by atoms with Crippen LogP contribution in [0, 0.1) is 0 Å². The Morgan fingerprint density at radius 2 is 0.855 bits per heavy atom. The van der Waals surface area contributed by atoms with Crippen LogP contribution in [0.3, 0.4) is 0 Å². The molecular formula is C48H31N7. The Morgan fingerprint density at radius 3 is 1.45 bits per heavy atom. The Kier molecular flexibility index (Phi) is 7.03. The van der Waals surface area contributed by atoms with Crippen LogP contribution in [0.15, 0.2) is 188 Å². The maximum atomic E-state index is 5.16. The van der Waals surface area contributed by atoms with E-state index in [0.29, 0.717) is 11.6 Å². The number of fused-ring (bicyclic) bond motifs is 5. The van der Waals surface area contributed by atoms with Gasteiger partial charge in [-0.2, -0.15) is 0 Å². The predicted molar refractivity (Wildman–Crippen MR) is 221 cm³/mol. The maximum Gasteiger partial charge on any atom is 0.182 e. The molecule has 0 saturated carbocycles. The van der Waals surface area contributed by atoms with Crippen LogP contribution < -0.4 is 0 Å². The normalized spacial score (nSPS) is 11.6. The monoisotopic (exact) mass is 705 g/mol. The summed E-state index contributed by atoms with van der Waals surface area (Å²) in [5.41, 5.74) is 13.1. The quantitative estimate of drug-likeness (QED) is 0.173. The Morgan fingerprint density at radius 1 is 0.345 bits per heavy atom. The van der Waals surface area contributed by atoms with Gasteiger partial charge < -0.3 is 4.57 Å². The fourth-order valence-corrected chi connectivity index (χ4v) is 7.80. The van der Waals surface area contributed by atoms with Gasteiger partial charge in [0, 0.05) is 51.1 Å². The molecule has 11 rings (SSSR count). The van der Waals surface area contributed by atoms with Gasteiger partial charge in [-0.1, -0.05) is 103 Å². The Balaban J connectivity index is 1.12. The first-order chi connectivity index (χ1) is 27.2. The van der Waals surface area contributed by atoms with Crippen LogP contribution in [0.5, 0.6) is 0 Å². The number of para-hydroxylation sites is 2. The summed E-state index contributed by atoms with van der Waals surface area (Å²) in [5, 5.41) is 12.4. The van der Waals surface area contributed by atoms with E-state index in [0.717, 1.165) is 67.0 Å². The summed E-state index contributed by atoms with van der Waals surface area (Å²) in [6, 6.07) is 61.2. The summed E-state index contributed by atoms with van der Waals surface area (Å²) in [6.07, 6.45) is 3.91. The van der Waals surface area contributed by atoms with Crippen molar-refractivity contribution >= 4 is 33.1 Å². The molecule has 0 radical (unpaired) electrons. The van der Waals surface area contributed by atoms with Crippen LogP contribution in [-0.2, 0) is 0 Å². The molecule has 6 aromatic carbocycles. The van der Waals surface area contributed by atoms with Gasteiger partial charge in [0.15, 0.2) is 22.9 Å². The largest absolute Gasteiger partial charge is 0.309 e. The van der Waals surface area contributed by atoms with E-state index in [4.69, 9.17) is 20.2 Å². The average molecular weight is 706 g/mol. The Hall–Kier alpha value is -7.64. The first kappa shape index (κ1) is 30.9. The van der Waals surface area contributed by atoms with E-state index in [1.807, 2.05) is 70.0 Å². The van der Waals surface area contributed by atoms with Crippen molar-refractivity contribution in [2.24, 2.45) is 0 Å². The van der Waals surface area contributed by atoms with Gasteiger partial charge in [0.05, 0.1) is 11.0 Å².